The molecule has 7 heteroatoms. The molecule has 0 radical (unpaired) electrons. The molecule has 0 spiro atoms. The molecule has 3 rings (SSSR count). The molecule has 2 heterocycles. The van der Waals surface area contributed by atoms with E-state index in [4.69, 9.17) is 17.0 Å². The number of aryl methyl sites for hydroxylation is 1. The number of ether oxygens (including phenoxy) is 1. The number of rotatable bonds is 7. The molecule has 1 aliphatic rings. The molecule has 1 amide bonds. The average Bonchev–Trinajstić information content (AvgIpc) is 3.19. The smallest absolute Gasteiger partial charge is 0.274 e. The van der Waals surface area contributed by atoms with Gasteiger partial charge in [-0.1, -0.05) is 12.1 Å². The number of hydrogen-bond acceptors (Lipinski definition) is 4. The summed E-state index contributed by atoms with van der Waals surface area (Å²) in [6.07, 6.45) is 6.67. The van der Waals surface area contributed by atoms with Gasteiger partial charge in [0, 0.05) is 31.9 Å². The van der Waals surface area contributed by atoms with Crippen molar-refractivity contribution in [3.63, 3.8) is 0 Å². The summed E-state index contributed by atoms with van der Waals surface area (Å²) in [4.78, 5) is 22.4. The average molecular weight is 342 g/mol. The van der Waals surface area contributed by atoms with E-state index in [2.05, 4.69) is 9.98 Å². The molecule has 0 unspecified atom stereocenters. The van der Waals surface area contributed by atoms with Crippen molar-refractivity contribution in [2.45, 2.75) is 19.4 Å². The van der Waals surface area contributed by atoms with E-state index in [9.17, 15) is 4.79 Å². The topological polar surface area (TPSA) is 59.7 Å². The van der Waals surface area contributed by atoms with Crippen LogP contribution in [0.25, 0.3) is 0 Å². The lowest BCUT2D eigenvalue weighted by molar-refractivity contribution is -0.120. The Morgan fingerprint density at radius 1 is 1.21 bits per heavy atom. The van der Waals surface area contributed by atoms with Crippen LogP contribution in [0.3, 0.4) is 0 Å². The molecule has 0 saturated carbocycles. The van der Waals surface area contributed by atoms with Crippen molar-refractivity contribution in [1.29, 1.82) is 0 Å². The summed E-state index contributed by atoms with van der Waals surface area (Å²) in [6.45, 7) is 1.35. The molecule has 2 aromatic rings. The van der Waals surface area contributed by atoms with E-state index >= 15 is 0 Å². The van der Waals surface area contributed by atoms with Crippen molar-refractivity contribution in [2.75, 3.05) is 13.7 Å². The summed E-state index contributed by atoms with van der Waals surface area (Å²) in [5, 5.41) is 0.356. The second-order valence-electron chi connectivity index (χ2n) is 5.48. The third kappa shape index (κ3) is 3.68. The number of benzene rings is 1. The Balaban J connectivity index is 1.56. The van der Waals surface area contributed by atoms with Crippen LogP contribution in [0.2, 0.25) is 0 Å². The molecular weight excluding hydrogens is 324 g/mol. The lowest BCUT2D eigenvalue weighted by atomic mass is 10.1. The molecule has 6 nitrogen and oxygen atoms in total. The third-order valence-corrected chi connectivity index (χ3v) is 4.15. The summed E-state index contributed by atoms with van der Waals surface area (Å²) in [5.74, 6) is 0.691. The van der Waals surface area contributed by atoms with Gasteiger partial charge >= 0.3 is 0 Å². The Kier molecular flexibility index (Phi) is 5.00. The van der Waals surface area contributed by atoms with Gasteiger partial charge in [-0.05, 0) is 36.3 Å². The molecule has 0 saturated heterocycles. The van der Waals surface area contributed by atoms with Crippen LogP contribution in [-0.4, -0.2) is 44.8 Å². The predicted octanol–water partition coefficient (Wildman–Crippen LogP) is 2.09. The van der Waals surface area contributed by atoms with Gasteiger partial charge in [-0.25, -0.2) is 9.98 Å². The van der Waals surface area contributed by atoms with Crippen LogP contribution in [0.4, 0.5) is 0 Å². The van der Waals surface area contributed by atoms with Gasteiger partial charge in [0.05, 0.1) is 13.4 Å². The van der Waals surface area contributed by atoms with E-state index in [-0.39, 0.29) is 5.91 Å². The summed E-state index contributed by atoms with van der Waals surface area (Å²) in [7, 11) is 1.62. The second kappa shape index (κ2) is 7.35. The van der Waals surface area contributed by atoms with Crippen molar-refractivity contribution < 1.29 is 9.53 Å². The number of carbonyl (C=O) groups excluding carboxylic acids is 1. The lowest BCUT2D eigenvalue weighted by Crippen LogP contribution is -2.34. The van der Waals surface area contributed by atoms with Gasteiger partial charge in [0.2, 0.25) is 5.11 Å². The number of carbonyl (C=O) groups is 1. The van der Waals surface area contributed by atoms with Gasteiger partial charge in [0.25, 0.3) is 5.91 Å². The van der Waals surface area contributed by atoms with Crippen molar-refractivity contribution in [3.05, 3.63) is 48.5 Å². The van der Waals surface area contributed by atoms with Crippen LogP contribution in [0.15, 0.2) is 48.0 Å². The molecule has 0 N–H and O–H groups in total. The Bertz CT molecular complexity index is 753. The highest BCUT2D eigenvalue weighted by Gasteiger charge is 2.29. The van der Waals surface area contributed by atoms with Crippen LogP contribution in [0.5, 0.6) is 5.75 Å². The summed E-state index contributed by atoms with van der Waals surface area (Å²) in [5.41, 5.74) is 1.50. The summed E-state index contributed by atoms with van der Waals surface area (Å²) >= 11 is 5.24. The number of aromatic nitrogens is 2. The van der Waals surface area contributed by atoms with Crippen molar-refractivity contribution in [3.8, 4) is 5.75 Å². The Morgan fingerprint density at radius 3 is 2.67 bits per heavy atom. The van der Waals surface area contributed by atoms with Gasteiger partial charge in [-0.3, -0.25) is 9.69 Å². The highest BCUT2D eigenvalue weighted by Crippen LogP contribution is 2.15. The van der Waals surface area contributed by atoms with Gasteiger partial charge in [0.1, 0.15) is 11.5 Å². The number of aliphatic imine (C=N–C) groups is 1. The van der Waals surface area contributed by atoms with E-state index < -0.39 is 0 Å². The number of thiocarbonyl (C=S) groups is 1. The van der Waals surface area contributed by atoms with E-state index in [0.717, 1.165) is 24.3 Å². The fourth-order valence-corrected chi connectivity index (χ4v) is 2.83. The summed E-state index contributed by atoms with van der Waals surface area (Å²) in [6, 6.07) is 7.60. The van der Waals surface area contributed by atoms with Crippen molar-refractivity contribution in [1.82, 2.24) is 14.5 Å². The first-order valence-electron chi connectivity index (χ1n) is 7.69. The molecule has 0 bridgehead atoms. The Morgan fingerprint density at radius 2 is 2.00 bits per heavy atom. The van der Waals surface area contributed by atoms with Gasteiger partial charge in [-0.15, -0.1) is 0 Å². The maximum absolute atomic E-state index is 12.5. The van der Waals surface area contributed by atoms with Crippen LogP contribution < -0.4 is 4.74 Å². The minimum absolute atomic E-state index is 0.0959. The minimum atomic E-state index is -0.0959. The molecule has 1 aromatic heterocycles. The van der Waals surface area contributed by atoms with Crippen LogP contribution in [0, 0.1) is 0 Å². The van der Waals surface area contributed by atoms with E-state index in [1.807, 2.05) is 35.0 Å². The van der Waals surface area contributed by atoms with Gasteiger partial charge < -0.3 is 9.30 Å². The minimum Gasteiger partial charge on any atom is -0.497 e. The first-order chi connectivity index (χ1) is 11.7. The van der Waals surface area contributed by atoms with Crippen LogP contribution >= 0.6 is 12.2 Å². The second-order valence-corrected chi connectivity index (χ2v) is 5.84. The van der Waals surface area contributed by atoms with Crippen LogP contribution in [-0.2, 0) is 17.8 Å². The molecule has 124 valence electrons. The van der Waals surface area contributed by atoms with Crippen molar-refractivity contribution >= 4 is 28.9 Å². The zero-order chi connectivity index (χ0) is 16.9. The van der Waals surface area contributed by atoms with E-state index in [1.165, 1.54) is 0 Å². The quantitative estimate of drug-likeness (QED) is 0.723. The first kappa shape index (κ1) is 16.3. The number of amides is 1. The summed E-state index contributed by atoms with van der Waals surface area (Å²) < 4.78 is 7.11. The normalized spacial score (nSPS) is 14.2. The number of imidazole rings is 1. The molecule has 24 heavy (non-hydrogen) atoms. The lowest BCUT2D eigenvalue weighted by Gasteiger charge is -2.15. The standard InChI is InChI=1S/C17H18N4O2S/c1-23-14-5-3-13(4-6-14)11-15-16(22)21(17(24)19-15)9-2-8-20-10-7-18-12-20/h3-7,10,12H,2,8-9,11H2,1H3. The van der Waals surface area contributed by atoms with Crippen LogP contribution in [0.1, 0.15) is 12.0 Å². The Hall–Kier alpha value is -2.54. The van der Waals surface area contributed by atoms with E-state index in [1.54, 1.807) is 24.5 Å². The predicted molar refractivity (Wildman–Crippen MR) is 95.3 cm³/mol. The fraction of sp³-hybridized carbons (Fsp3) is 0.294. The highest BCUT2D eigenvalue weighted by atomic mass is 32.1. The van der Waals surface area contributed by atoms with E-state index in [0.29, 0.717) is 23.8 Å². The molecule has 0 atom stereocenters. The molecule has 1 aromatic carbocycles. The number of hydrogen-bond donors (Lipinski definition) is 0. The third-order valence-electron chi connectivity index (χ3n) is 3.84. The maximum Gasteiger partial charge on any atom is 0.274 e. The molecule has 0 fully saturated rings. The Labute approximate surface area is 145 Å². The SMILES string of the molecule is COc1ccc(CC2=NC(=S)N(CCCn3ccnc3)C2=O)cc1. The first-order valence-corrected chi connectivity index (χ1v) is 8.10. The number of methoxy groups -OCH3 is 1. The monoisotopic (exact) mass is 342 g/mol. The van der Waals surface area contributed by atoms with Gasteiger partial charge in [0.15, 0.2) is 0 Å². The van der Waals surface area contributed by atoms with Gasteiger partial charge in [-0.2, -0.15) is 0 Å². The number of nitrogens with zero attached hydrogens (tertiary/aromatic N) is 4. The molecule has 0 aliphatic carbocycles. The van der Waals surface area contributed by atoms with Crippen molar-refractivity contribution in [2.24, 2.45) is 4.99 Å². The largest absolute Gasteiger partial charge is 0.497 e. The zero-order valence-corrected chi connectivity index (χ0v) is 14.2. The molecule has 1 aliphatic heterocycles. The fourth-order valence-electron chi connectivity index (χ4n) is 2.55. The maximum atomic E-state index is 12.5. The zero-order valence-electron chi connectivity index (χ0n) is 13.4. The highest BCUT2D eigenvalue weighted by molar-refractivity contribution is 7.80. The molecular formula is C17H18N4O2S.